The molecule has 1 aliphatic carbocycles. The molecule has 0 unspecified atom stereocenters. The van der Waals surface area contributed by atoms with E-state index in [1.165, 1.54) is 25.8 Å². The SMILES string of the molecule is CNc1cc(C)nc(Nc2cnc(OC)c(OC[C@@H]3CCN(C4CC4)C3)c2)n1. The van der Waals surface area contributed by atoms with Crippen molar-refractivity contribution in [3.63, 3.8) is 0 Å². The summed E-state index contributed by atoms with van der Waals surface area (Å²) in [5.74, 6) is 2.95. The van der Waals surface area contributed by atoms with Gasteiger partial charge in [-0.1, -0.05) is 0 Å². The Bertz CT molecular complexity index is 826. The monoisotopic (exact) mass is 384 g/mol. The summed E-state index contributed by atoms with van der Waals surface area (Å²) in [6.07, 6.45) is 5.60. The fourth-order valence-corrected chi connectivity index (χ4v) is 3.62. The van der Waals surface area contributed by atoms with E-state index >= 15 is 0 Å². The topological polar surface area (TPSA) is 84.4 Å². The molecule has 2 N–H and O–H groups in total. The molecule has 2 fully saturated rings. The van der Waals surface area contributed by atoms with Gasteiger partial charge in [-0.25, -0.2) is 9.97 Å². The van der Waals surface area contributed by atoms with Gasteiger partial charge in [-0.15, -0.1) is 0 Å². The number of likely N-dealkylation sites (tertiary alicyclic amines) is 1. The maximum Gasteiger partial charge on any atom is 0.256 e. The van der Waals surface area contributed by atoms with Crippen LogP contribution in [0.5, 0.6) is 11.6 Å². The average molecular weight is 384 g/mol. The van der Waals surface area contributed by atoms with Crippen molar-refractivity contribution in [3.8, 4) is 11.6 Å². The van der Waals surface area contributed by atoms with Gasteiger partial charge in [0.15, 0.2) is 5.75 Å². The predicted molar refractivity (Wildman–Crippen MR) is 109 cm³/mol. The van der Waals surface area contributed by atoms with E-state index in [0.29, 0.717) is 30.1 Å². The van der Waals surface area contributed by atoms with Crippen LogP contribution in [0.4, 0.5) is 17.5 Å². The molecule has 8 nitrogen and oxygen atoms in total. The van der Waals surface area contributed by atoms with Gasteiger partial charge in [-0.05, 0) is 32.7 Å². The van der Waals surface area contributed by atoms with Crippen molar-refractivity contribution in [2.24, 2.45) is 5.92 Å². The second kappa shape index (κ2) is 8.18. The molecule has 2 aromatic heterocycles. The quantitative estimate of drug-likeness (QED) is 0.719. The summed E-state index contributed by atoms with van der Waals surface area (Å²) in [6, 6.07) is 4.61. The Labute approximate surface area is 165 Å². The highest BCUT2D eigenvalue weighted by Crippen LogP contribution is 2.33. The summed E-state index contributed by atoms with van der Waals surface area (Å²) in [5, 5.41) is 6.24. The summed E-state index contributed by atoms with van der Waals surface area (Å²) in [6.45, 7) is 4.92. The number of nitrogens with one attached hydrogen (secondary N) is 2. The van der Waals surface area contributed by atoms with E-state index in [4.69, 9.17) is 9.47 Å². The third kappa shape index (κ3) is 4.44. The number of aromatic nitrogens is 3. The summed E-state index contributed by atoms with van der Waals surface area (Å²) >= 11 is 0. The van der Waals surface area contributed by atoms with Crippen LogP contribution in [-0.4, -0.2) is 59.7 Å². The highest BCUT2D eigenvalue weighted by molar-refractivity contribution is 5.58. The molecule has 0 radical (unpaired) electrons. The van der Waals surface area contributed by atoms with Gasteiger partial charge in [-0.3, -0.25) is 4.90 Å². The van der Waals surface area contributed by atoms with Crippen molar-refractivity contribution in [3.05, 3.63) is 24.0 Å². The Kier molecular flexibility index (Phi) is 5.47. The molecule has 8 heteroatoms. The number of nitrogens with zero attached hydrogens (tertiary/aromatic N) is 4. The zero-order valence-corrected chi connectivity index (χ0v) is 16.7. The number of hydrogen-bond acceptors (Lipinski definition) is 8. The molecule has 0 amide bonds. The van der Waals surface area contributed by atoms with Gasteiger partial charge in [0.25, 0.3) is 5.88 Å². The number of anilines is 3. The lowest BCUT2D eigenvalue weighted by molar-refractivity contribution is 0.228. The molecule has 1 atom stereocenters. The van der Waals surface area contributed by atoms with Crippen molar-refractivity contribution in [1.29, 1.82) is 0 Å². The average Bonchev–Trinajstić information content (AvgIpc) is 3.44. The van der Waals surface area contributed by atoms with Crippen LogP contribution in [0.2, 0.25) is 0 Å². The minimum Gasteiger partial charge on any atom is -0.488 e. The normalized spacial score (nSPS) is 19.5. The van der Waals surface area contributed by atoms with E-state index < -0.39 is 0 Å². The Hall–Kier alpha value is -2.61. The Morgan fingerprint density at radius 2 is 2.07 bits per heavy atom. The highest BCUT2D eigenvalue weighted by Gasteiger charge is 2.34. The molecule has 0 spiro atoms. The molecular formula is C20H28N6O2. The van der Waals surface area contributed by atoms with E-state index in [9.17, 15) is 0 Å². The van der Waals surface area contributed by atoms with Crippen molar-refractivity contribution in [1.82, 2.24) is 19.9 Å². The molecule has 28 heavy (non-hydrogen) atoms. The molecule has 0 bridgehead atoms. The standard InChI is InChI=1S/C20H28N6O2/c1-13-8-18(21-2)25-20(23-13)24-15-9-17(19(27-3)22-10-15)28-12-14-6-7-26(11-14)16-4-5-16/h8-10,14,16H,4-7,11-12H2,1-3H3,(H2,21,23,24,25)/t14-/m1/s1. The third-order valence-corrected chi connectivity index (χ3v) is 5.23. The first-order valence-electron chi connectivity index (χ1n) is 9.86. The van der Waals surface area contributed by atoms with Crippen LogP contribution in [0.3, 0.4) is 0 Å². The van der Waals surface area contributed by atoms with Crippen LogP contribution in [0.15, 0.2) is 18.3 Å². The Balaban J connectivity index is 1.43. The van der Waals surface area contributed by atoms with Crippen molar-refractivity contribution in [2.75, 3.05) is 44.5 Å². The number of aryl methyl sites for hydroxylation is 1. The van der Waals surface area contributed by atoms with Crippen LogP contribution < -0.4 is 20.1 Å². The van der Waals surface area contributed by atoms with E-state index in [1.807, 2.05) is 26.1 Å². The molecule has 1 saturated heterocycles. The van der Waals surface area contributed by atoms with Gasteiger partial charge in [0.05, 0.1) is 25.6 Å². The minimum atomic E-state index is 0.490. The van der Waals surface area contributed by atoms with E-state index in [0.717, 1.165) is 29.8 Å². The first-order valence-corrected chi connectivity index (χ1v) is 9.86. The lowest BCUT2D eigenvalue weighted by atomic mass is 10.1. The van der Waals surface area contributed by atoms with Crippen LogP contribution in [-0.2, 0) is 0 Å². The minimum absolute atomic E-state index is 0.490. The van der Waals surface area contributed by atoms with E-state index in [2.05, 4.69) is 30.5 Å². The number of pyridine rings is 1. The molecule has 150 valence electrons. The molecular weight excluding hydrogens is 356 g/mol. The van der Waals surface area contributed by atoms with Crippen molar-refractivity contribution < 1.29 is 9.47 Å². The second-order valence-electron chi connectivity index (χ2n) is 7.52. The van der Waals surface area contributed by atoms with Crippen LogP contribution in [0.1, 0.15) is 25.0 Å². The largest absolute Gasteiger partial charge is 0.488 e. The molecule has 4 rings (SSSR count). The van der Waals surface area contributed by atoms with Crippen LogP contribution in [0.25, 0.3) is 0 Å². The smallest absolute Gasteiger partial charge is 0.256 e. The zero-order valence-electron chi connectivity index (χ0n) is 16.7. The summed E-state index contributed by atoms with van der Waals surface area (Å²) < 4.78 is 11.5. The number of rotatable bonds is 8. The van der Waals surface area contributed by atoms with Gasteiger partial charge < -0.3 is 20.1 Å². The summed E-state index contributed by atoms with van der Waals surface area (Å²) in [5.41, 5.74) is 1.63. The maximum atomic E-state index is 6.10. The summed E-state index contributed by atoms with van der Waals surface area (Å²) in [4.78, 5) is 15.8. The Morgan fingerprint density at radius 3 is 2.82 bits per heavy atom. The molecule has 1 saturated carbocycles. The van der Waals surface area contributed by atoms with Crippen molar-refractivity contribution >= 4 is 17.5 Å². The number of methoxy groups -OCH3 is 1. The lowest BCUT2D eigenvalue weighted by Gasteiger charge is -2.16. The highest BCUT2D eigenvalue weighted by atomic mass is 16.5. The van der Waals surface area contributed by atoms with Gasteiger partial charge in [0, 0.05) is 43.4 Å². The zero-order chi connectivity index (χ0) is 19.5. The molecule has 1 aliphatic heterocycles. The first-order chi connectivity index (χ1) is 13.6. The van der Waals surface area contributed by atoms with Crippen LogP contribution in [0, 0.1) is 12.8 Å². The maximum absolute atomic E-state index is 6.10. The fraction of sp³-hybridized carbons (Fsp3) is 0.550. The molecule has 2 aromatic rings. The van der Waals surface area contributed by atoms with Gasteiger partial charge in [-0.2, -0.15) is 4.98 Å². The van der Waals surface area contributed by atoms with Crippen LogP contribution >= 0.6 is 0 Å². The lowest BCUT2D eigenvalue weighted by Crippen LogP contribution is -2.24. The molecule has 2 aliphatic rings. The predicted octanol–water partition coefficient (Wildman–Crippen LogP) is 2.84. The first kappa shape index (κ1) is 18.7. The fourth-order valence-electron chi connectivity index (χ4n) is 3.62. The van der Waals surface area contributed by atoms with E-state index in [-0.39, 0.29) is 0 Å². The molecule has 3 heterocycles. The third-order valence-electron chi connectivity index (χ3n) is 5.23. The summed E-state index contributed by atoms with van der Waals surface area (Å²) in [7, 11) is 3.44. The van der Waals surface area contributed by atoms with Gasteiger partial charge >= 0.3 is 0 Å². The number of hydrogen-bond donors (Lipinski definition) is 2. The Morgan fingerprint density at radius 1 is 1.21 bits per heavy atom. The second-order valence-corrected chi connectivity index (χ2v) is 7.52. The van der Waals surface area contributed by atoms with E-state index in [1.54, 1.807) is 13.3 Å². The van der Waals surface area contributed by atoms with Crippen molar-refractivity contribution in [2.45, 2.75) is 32.2 Å². The molecule has 0 aromatic carbocycles. The van der Waals surface area contributed by atoms with Gasteiger partial charge in [0.2, 0.25) is 5.95 Å². The number of ether oxygens (including phenoxy) is 2. The van der Waals surface area contributed by atoms with Gasteiger partial charge in [0.1, 0.15) is 5.82 Å².